The summed E-state index contributed by atoms with van der Waals surface area (Å²) in [6.45, 7) is 7.85. The molecule has 2 aromatic heterocycles. The summed E-state index contributed by atoms with van der Waals surface area (Å²) >= 11 is 1.57. The third-order valence-corrected chi connectivity index (χ3v) is 4.48. The minimum absolute atomic E-state index is 0.357. The molecular formula is C15H19N3O2S. The summed E-state index contributed by atoms with van der Waals surface area (Å²) in [7, 11) is 3.29. The lowest BCUT2D eigenvalue weighted by molar-refractivity contribution is -0.134. The van der Waals surface area contributed by atoms with Crippen LogP contribution < -0.4 is 0 Å². The number of hydrogen-bond donors (Lipinski definition) is 0. The molecule has 0 unspecified atom stereocenters. The van der Waals surface area contributed by atoms with Gasteiger partial charge in [0.1, 0.15) is 0 Å². The van der Waals surface area contributed by atoms with Crippen molar-refractivity contribution in [1.29, 1.82) is 0 Å². The lowest BCUT2D eigenvalue weighted by Crippen LogP contribution is -1.96. The maximum atomic E-state index is 11.5. The van der Waals surface area contributed by atoms with Crippen molar-refractivity contribution in [2.45, 2.75) is 27.7 Å². The van der Waals surface area contributed by atoms with Gasteiger partial charge in [0.05, 0.1) is 28.4 Å². The number of carbonyl (C=O) groups excluding carboxylic acids is 1. The summed E-state index contributed by atoms with van der Waals surface area (Å²) in [6, 6.07) is 0. The lowest BCUT2D eigenvalue weighted by Gasteiger charge is -2.04. The number of esters is 1. The van der Waals surface area contributed by atoms with E-state index in [4.69, 9.17) is 4.74 Å². The monoisotopic (exact) mass is 305 g/mol. The molecule has 0 aliphatic heterocycles. The van der Waals surface area contributed by atoms with Gasteiger partial charge in [-0.2, -0.15) is 5.10 Å². The number of nitrogens with zero attached hydrogens (tertiary/aromatic N) is 3. The molecule has 0 spiro atoms. The molecule has 0 aliphatic rings. The van der Waals surface area contributed by atoms with Crippen molar-refractivity contribution in [1.82, 2.24) is 14.8 Å². The second-order valence-electron chi connectivity index (χ2n) is 4.93. The minimum Gasteiger partial charge on any atom is -0.466 e. The summed E-state index contributed by atoms with van der Waals surface area (Å²) in [6.07, 6.45) is 1.50. The van der Waals surface area contributed by atoms with Crippen LogP contribution >= 0.6 is 11.3 Å². The lowest BCUT2D eigenvalue weighted by atomic mass is 10.1. The van der Waals surface area contributed by atoms with Crippen molar-refractivity contribution in [3.63, 3.8) is 0 Å². The number of aryl methyl sites for hydroxylation is 3. The minimum atomic E-state index is -0.357. The van der Waals surface area contributed by atoms with Gasteiger partial charge in [0.15, 0.2) is 0 Å². The third kappa shape index (κ3) is 2.90. The standard InChI is InChI=1S/C15H19N3O2S/c1-8(7-12(19)20-6)15-14(16-11(4)21-15)13-9(2)17-18(5)10(13)3/h7H,1-6H3/b8-7+. The number of methoxy groups -OCH3 is 1. The van der Waals surface area contributed by atoms with E-state index in [1.54, 1.807) is 11.3 Å². The van der Waals surface area contributed by atoms with E-state index in [0.717, 1.165) is 38.1 Å². The number of thiazole rings is 1. The predicted molar refractivity (Wildman–Crippen MR) is 84.2 cm³/mol. The summed E-state index contributed by atoms with van der Waals surface area (Å²) in [5.74, 6) is -0.357. The predicted octanol–water partition coefficient (Wildman–Crippen LogP) is 3.05. The molecule has 0 atom stereocenters. The van der Waals surface area contributed by atoms with Gasteiger partial charge in [-0.05, 0) is 33.3 Å². The molecule has 0 saturated carbocycles. The topological polar surface area (TPSA) is 57.0 Å². The Bertz CT molecular complexity index is 726. The van der Waals surface area contributed by atoms with Gasteiger partial charge in [0.2, 0.25) is 0 Å². The molecule has 21 heavy (non-hydrogen) atoms. The molecule has 0 aromatic carbocycles. The normalized spacial score (nSPS) is 11.8. The van der Waals surface area contributed by atoms with Crippen LogP contribution in [0.15, 0.2) is 6.08 Å². The van der Waals surface area contributed by atoms with Crippen LogP contribution in [0.5, 0.6) is 0 Å². The Labute approximate surface area is 128 Å². The largest absolute Gasteiger partial charge is 0.466 e. The van der Waals surface area contributed by atoms with E-state index in [1.165, 1.54) is 13.2 Å². The average molecular weight is 305 g/mol. The molecule has 2 rings (SSSR count). The summed E-state index contributed by atoms with van der Waals surface area (Å²) in [5.41, 5.74) is 4.77. The Morgan fingerprint density at radius 1 is 1.33 bits per heavy atom. The third-order valence-electron chi connectivity index (χ3n) is 3.37. The number of hydrogen-bond acceptors (Lipinski definition) is 5. The first-order valence-electron chi connectivity index (χ1n) is 6.59. The first-order chi connectivity index (χ1) is 9.85. The van der Waals surface area contributed by atoms with E-state index >= 15 is 0 Å². The van der Waals surface area contributed by atoms with Crippen LogP contribution in [-0.4, -0.2) is 27.8 Å². The molecule has 0 amide bonds. The molecule has 0 radical (unpaired) electrons. The number of rotatable bonds is 3. The van der Waals surface area contributed by atoms with E-state index in [0.29, 0.717) is 0 Å². The highest BCUT2D eigenvalue weighted by atomic mass is 32.1. The number of allylic oxidation sites excluding steroid dienone is 1. The van der Waals surface area contributed by atoms with Gasteiger partial charge in [-0.3, -0.25) is 4.68 Å². The SMILES string of the molecule is COC(=O)/C=C(\C)c1sc(C)nc1-c1c(C)nn(C)c1C. The van der Waals surface area contributed by atoms with E-state index in [9.17, 15) is 4.79 Å². The Morgan fingerprint density at radius 3 is 2.52 bits per heavy atom. The van der Waals surface area contributed by atoms with Crippen LogP contribution in [0.1, 0.15) is 28.2 Å². The van der Waals surface area contributed by atoms with Gasteiger partial charge in [0, 0.05) is 24.4 Å². The van der Waals surface area contributed by atoms with Crippen LogP contribution in [0.25, 0.3) is 16.8 Å². The molecular weight excluding hydrogens is 286 g/mol. The van der Waals surface area contributed by atoms with E-state index < -0.39 is 0 Å². The highest BCUT2D eigenvalue weighted by molar-refractivity contribution is 7.13. The Kier molecular flexibility index (Phi) is 4.27. The van der Waals surface area contributed by atoms with Crippen molar-refractivity contribution < 1.29 is 9.53 Å². The molecule has 0 N–H and O–H groups in total. The number of carbonyl (C=O) groups is 1. The van der Waals surface area contributed by atoms with Gasteiger partial charge in [0.25, 0.3) is 0 Å². The zero-order chi connectivity index (χ0) is 15.7. The molecule has 6 heteroatoms. The van der Waals surface area contributed by atoms with Gasteiger partial charge in [-0.1, -0.05) is 0 Å². The van der Waals surface area contributed by atoms with Crippen LogP contribution in [0.4, 0.5) is 0 Å². The number of ether oxygens (including phenoxy) is 1. The molecule has 0 aliphatic carbocycles. The summed E-state index contributed by atoms with van der Waals surface area (Å²) in [4.78, 5) is 17.1. The fourth-order valence-electron chi connectivity index (χ4n) is 2.28. The van der Waals surface area contributed by atoms with E-state index in [-0.39, 0.29) is 5.97 Å². The maximum Gasteiger partial charge on any atom is 0.330 e. The quantitative estimate of drug-likeness (QED) is 0.646. The van der Waals surface area contributed by atoms with Crippen molar-refractivity contribution in [3.8, 4) is 11.3 Å². The van der Waals surface area contributed by atoms with Crippen molar-refractivity contribution in [2.75, 3.05) is 7.11 Å². The number of aromatic nitrogens is 3. The van der Waals surface area contributed by atoms with Crippen LogP contribution in [-0.2, 0) is 16.6 Å². The fraction of sp³-hybridized carbons (Fsp3) is 0.400. The first kappa shape index (κ1) is 15.4. The molecule has 0 bridgehead atoms. The average Bonchev–Trinajstić information content (AvgIpc) is 2.90. The summed E-state index contributed by atoms with van der Waals surface area (Å²) in [5, 5.41) is 5.40. The first-order valence-corrected chi connectivity index (χ1v) is 7.41. The van der Waals surface area contributed by atoms with Gasteiger partial charge >= 0.3 is 5.97 Å². The fourth-order valence-corrected chi connectivity index (χ4v) is 3.18. The molecule has 112 valence electrons. The van der Waals surface area contributed by atoms with Crippen molar-refractivity contribution >= 4 is 22.9 Å². The van der Waals surface area contributed by atoms with E-state index in [1.807, 2.05) is 39.4 Å². The Hall–Kier alpha value is -1.95. The molecule has 2 aromatic rings. The molecule has 2 heterocycles. The second-order valence-corrected chi connectivity index (χ2v) is 6.13. The molecule has 0 saturated heterocycles. The highest BCUT2D eigenvalue weighted by Gasteiger charge is 2.20. The maximum absolute atomic E-state index is 11.5. The van der Waals surface area contributed by atoms with E-state index in [2.05, 4.69) is 10.1 Å². The zero-order valence-electron chi connectivity index (χ0n) is 13.1. The van der Waals surface area contributed by atoms with Crippen LogP contribution in [0, 0.1) is 20.8 Å². The smallest absolute Gasteiger partial charge is 0.330 e. The highest BCUT2D eigenvalue weighted by Crippen LogP contribution is 2.36. The summed E-state index contributed by atoms with van der Waals surface area (Å²) < 4.78 is 6.55. The molecule has 5 nitrogen and oxygen atoms in total. The van der Waals surface area contributed by atoms with Crippen molar-refractivity contribution in [3.05, 3.63) is 27.3 Å². The van der Waals surface area contributed by atoms with Gasteiger partial charge in [-0.15, -0.1) is 11.3 Å². The Balaban J connectivity index is 2.61. The van der Waals surface area contributed by atoms with Gasteiger partial charge in [-0.25, -0.2) is 9.78 Å². The van der Waals surface area contributed by atoms with Crippen LogP contribution in [0.3, 0.4) is 0 Å². The van der Waals surface area contributed by atoms with Crippen LogP contribution in [0.2, 0.25) is 0 Å². The second kappa shape index (κ2) is 5.81. The van der Waals surface area contributed by atoms with Crippen molar-refractivity contribution in [2.24, 2.45) is 7.05 Å². The zero-order valence-corrected chi connectivity index (χ0v) is 14.0. The van der Waals surface area contributed by atoms with Gasteiger partial charge < -0.3 is 4.74 Å². The molecule has 0 fully saturated rings. The Morgan fingerprint density at radius 2 is 2.00 bits per heavy atom.